The molecule has 0 aliphatic carbocycles. The average Bonchev–Trinajstić information content (AvgIpc) is 2.71. The van der Waals surface area contributed by atoms with E-state index >= 15 is 0 Å². The first-order valence-corrected chi connectivity index (χ1v) is 6.92. The van der Waals surface area contributed by atoms with Gasteiger partial charge in [-0.25, -0.2) is 0 Å². The second kappa shape index (κ2) is 7.80. The summed E-state index contributed by atoms with van der Waals surface area (Å²) in [6.45, 7) is 7.08. The first kappa shape index (κ1) is 17.2. The third kappa shape index (κ3) is 4.07. The number of nitrogens with one attached hydrogen (secondary N) is 1. The molecule has 2 heterocycles. The van der Waals surface area contributed by atoms with Gasteiger partial charge in [-0.1, -0.05) is 6.92 Å². The van der Waals surface area contributed by atoms with Gasteiger partial charge in [0, 0.05) is 27.2 Å². The molecule has 1 aliphatic rings. The van der Waals surface area contributed by atoms with Crippen LogP contribution in [0.25, 0.3) is 0 Å². The Morgan fingerprint density at radius 3 is 2.75 bits per heavy atom. The fourth-order valence-electron chi connectivity index (χ4n) is 2.48. The summed E-state index contributed by atoms with van der Waals surface area (Å²) in [6.07, 6.45) is 2.56. The lowest BCUT2D eigenvalue weighted by Gasteiger charge is -2.33. The lowest BCUT2D eigenvalue weighted by atomic mass is 10.0. The molecule has 1 aliphatic heterocycles. The van der Waals surface area contributed by atoms with E-state index in [1.165, 1.54) is 12.8 Å². The Labute approximate surface area is 138 Å². The van der Waals surface area contributed by atoms with Crippen molar-refractivity contribution >= 4 is 29.9 Å². The molecule has 1 aromatic heterocycles. The predicted molar refractivity (Wildman–Crippen MR) is 91.3 cm³/mol. The van der Waals surface area contributed by atoms with Crippen LogP contribution in [0.5, 0.6) is 0 Å². The molecule has 1 atom stereocenters. The molecule has 0 saturated carbocycles. The highest BCUT2D eigenvalue weighted by molar-refractivity contribution is 14.0. The Morgan fingerprint density at radius 1 is 1.45 bits per heavy atom. The first-order valence-electron chi connectivity index (χ1n) is 6.92. The summed E-state index contributed by atoms with van der Waals surface area (Å²) < 4.78 is 2.00. The Hall–Kier alpha value is -0.860. The summed E-state index contributed by atoms with van der Waals surface area (Å²) in [5.41, 5.74) is 0. The smallest absolute Gasteiger partial charge is 0.194 e. The van der Waals surface area contributed by atoms with Gasteiger partial charge in [-0.05, 0) is 25.7 Å². The lowest BCUT2D eigenvalue weighted by Crippen LogP contribution is -2.46. The van der Waals surface area contributed by atoms with E-state index in [0.29, 0.717) is 6.54 Å². The fraction of sp³-hybridized carbons (Fsp3) is 0.769. The quantitative estimate of drug-likeness (QED) is 0.472. The molecule has 1 aromatic rings. The minimum Gasteiger partial charge on any atom is -0.349 e. The van der Waals surface area contributed by atoms with Crippen LogP contribution in [0.3, 0.4) is 0 Å². The van der Waals surface area contributed by atoms with Gasteiger partial charge in [0.25, 0.3) is 0 Å². The van der Waals surface area contributed by atoms with Crippen molar-refractivity contribution in [2.24, 2.45) is 18.0 Å². The highest BCUT2D eigenvalue weighted by Gasteiger charge is 2.19. The molecular weight excluding hydrogens is 367 g/mol. The van der Waals surface area contributed by atoms with Gasteiger partial charge in [0.05, 0.1) is 6.54 Å². The third-order valence-electron chi connectivity index (χ3n) is 3.76. The van der Waals surface area contributed by atoms with Crippen molar-refractivity contribution in [1.82, 2.24) is 25.0 Å². The number of aromatic nitrogens is 3. The van der Waals surface area contributed by atoms with Crippen LogP contribution < -0.4 is 5.32 Å². The Bertz CT molecular complexity index is 456. The molecule has 0 radical (unpaired) electrons. The third-order valence-corrected chi connectivity index (χ3v) is 3.76. The van der Waals surface area contributed by atoms with Crippen LogP contribution in [0.15, 0.2) is 4.99 Å². The maximum atomic E-state index is 4.37. The normalized spacial score (nSPS) is 19.7. The van der Waals surface area contributed by atoms with Crippen LogP contribution in [0, 0.1) is 12.8 Å². The molecule has 0 amide bonds. The van der Waals surface area contributed by atoms with E-state index in [4.69, 9.17) is 0 Å². The minimum atomic E-state index is 0. The van der Waals surface area contributed by atoms with E-state index in [-0.39, 0.29) is 24.0 Å². The van der Waals surface area contributed by atoms with Crippen molar-refractivity contribution in [2.75, 3.05) is 20.1 Å². The van der Waals surface area contributed by atoms with Crippen molar-refractivity contribution in [3.63, 3.8) is 0 Å². The summed E-state index contributed by atoms with van der Waals surface area (Å²) >= 11 is 0. The van der Waals surface area contributed by atoms with Crippen LogP contribution in [0.2, 0.25) is 0 Å². The number of guanidine groups is 1. The summed E-state index contributed by atoms with van der Waals surface area (Å²) in [4.78, 5) is 6.70. The van der Waals surface area contributed by atoms with Gasteiger partial charge in [-0.3, -0.25) is 4.99 Å². The number of rotatable bonds is 2. The summed E-state index contributed by atoms with van der Waals surface area (Å²) in [6, 6.07) is 0. The summed E-state index contributed by atoms with van der Waals surface area (Å²) in [5, 5.41) is 11.6. The van der Waals surface area contributed by atoms with Crippen LogP contribution in [0.4, 0.5) is 0 Å². The van der Waals surface area contributed by atoms with Crippen molar-refractivity contribution in [2.45, 2.75) is 33.2 Å². The van der Waals surface area contributed by atoms with Crippen molar-refractivity contribution in [3.8, 4) is 0 Å². The highest BCUT2D eigenvalue weighted by atomic mass is 127. The Kier molecular flexibility index (Phi) is 6.70. The number of likely N-dealkylation sites (tertiary alicyclic amines) is 1. The number of aryl methyl sites for hydroxylation is 1. The molecule has 7 heteroatoms. The molecule has 1 N–H and O–H groups in total. The second-order valence-corrected chi connectivity index (χ2v) is 5.32. The van der Waals surface area contributed by atoms with Crippen molar-refractivity contribution in [3.05, 3.63) is 11.6 Å². The molecule has 0 aromatic carbocycles. The number of hydrogen-bond acceptors (Lipinski definition) is 3. The fourth-order valence-corrected chi connectivity index (χ4v) is 2.48. The van der Waals surface area contributed by atoms with Gasteiger partial charge >= 0.3 is 0 Å². The maximum absolute atomic E-state index is 4.37. The minimum absolute atomic E-state index is 0. The Balaban J connectivity index is 0.00000200. The van der Waals surface area contributed by atoms with Gasteiger partial charge in [-0.2, -0.15) is 0 Å². The zero-order chi connectivity index (χ0) is 13.8. The van der Waals surface area contributed by atoms with E-state index in [2.05, 4.69) is 32.3 Å². The van der Waals surface area contributed by atoms with E-state index in [1.54, 1.807) is 0 Å². The topological polar surface area (TPSA) is 58.3 Å². The molecule has 0 bridgehead atoms. The number of halogens is 1. The maximum Gasteiger partial charge on any atom is 0.194 e. The number of piperidine rings is 1. The number of aliphatic imine (C=N–C) groups is 1. The van der Waals surface area contributed by atoms with Gasteiger partial charge in [-0.15, -0.1) is 34.2 Å². The van der Waals surface area contributed by atoms with Crippen LogP contribution >= 0.6 is 24.0 Å². The van der Waals surface area contributed by atoms with Gasteiger partial charge in [0.15, 0.2) is 11.8 Å². The Morgan fingerprint density at radius 2 is 2.20 bits per heavy atom. The van der Waals surface area contributed by atoms with Gasteiger partial charge in [0.2, 0.25) is 0 Å². The summed E-state index contributed by atoms with van der Waals surface area (Å²) in [5.74, 6) is 3.57. The van der Waals surface area contributed by atoms with Crippen LogP contribution in [-0.2, 0) is 13.6 Å². The van der Waals surface area contributed by atoms with Crippen molar-refractivity contribution in [1.29, 1.82) is 0 Å². The number of nitrogens with zero attached hydrogens (tertiary/aromatic N) is 5. The largest absolute Gasteiger partial charge is 0.349 e. The van der Waals surface area contributed by atoms with E-state index in [1.807, 2.05) is 25.6 Å². The SMILES string of the molecule is CN=C(NCc1nnc(C)n1C)N1CCCC(C)C1.I. The molecule has 1 fully saturated rings. The zero-order valence-corrected chi connectivity index (χ0v) is 15.1. The van der Waals surface area contributed by atoms with Crippen molar-refractivity contribution < 1.29 is 0 Å². The van der Waals surface area contributed by atoms with E-state index < -0.39 is 0 Å². The molecule has 6 nitrogen and oxygen atoms in total. The van der Waals surface area contributed by atoms with Crippen LogP contribution in [-0.4, -0.2) is 45.8 Å². The summed E-state index contributed by atoms with van der Waals surface area (Å²) in [7, 11) is 3.82. The lowest BCUT2D eigenvalue weighted by molar-refractivity contribution is 0.265. The molecule has 114 valence electrons. The van der Waals surface area contributed by atoms with E-state index in [9.17, 15) is 0 Å². The standard InChI is InChI=1S/C13H24N6.HI/c1-10-6-5-7-19(9-10)13(14-3)15-8-12-17-16-11(2)18(12)4;/h10H,5-9H2,1-4H3,(H,14,15);1H. The predicted octanol–water partition coefficient (Wildman–Crippen LogP) is 1.55. The molecule has 2 rings (SSSR count). The monoisotopic (exact) mass is 392 g/mol. The molecule has 20 heavy (non-hydrogen) atoms. The number of hydrogen-bond donors (Lipinski definition) is 1. The zero-order valence-electron chi connectivity index (χ0n) is 12.8. The highest BCUT2D eigenvalue weighted by Crippen LogP contribution is 2.15. The molecule has 1 unspecified atom stereocenters. The van der Waals surface area contributed by atoms with Gasteiger partial charge in [0.1, 0.15) is 5.82 Å². The second-order valence-electron chi connectivity index (χ2n) is 5.32. The molecule has 1 saturated heterocycles. The van der Waals surface area contributed by atoms with Crippen LogP contribution in [0.1, 0.15) is 31.4 Å². The van der Waals surface area contributed by atoms with E-state index in [0.717, 1.165) is 36.6 Å². The first-order chi connectivity index (χ1) is 9.11. The van der Waals surface area contributed by atoms with Gasteiger partial charge < -0.3 is 14.8 Å². The average molecular weight is 392 g/mol. The molecule has 0 spiro atoms. The molecular formula is C13H25IN6.